The van der Waals surface area contributed by atoms with Crippen LogP contribution in [0.4, 0.5) is 0 Å². The highest BCUT2D eigenvalue weighted by atomic mass is 16.5. The maximum Gasteiger partial charge on any atom is 0.101 e. The molecule has 0 spiro atoms. The van der Waals surface area contributed by atoms with Gasteiger partial charge in [-0.3, -0.25) is 0 Å². The molecule has 0 saturated heterocycles. The Morgan fingerprint density at radius 2 is 1.93 bits per heavy atom. The Kier molecular flexibility index (Phi) is 7.76. The van der Waals surface area contributed by atoms with Crippen LogP contribution < -0.4 is 0 Å². The molecule has 0 radical (unpaired) electrons. The molecule has 0 fully saturated rings. The Morgan fingerprint density at radius 3 is 2.43 bits per heavy atom. The van der Waals surface area contributed by atoms with E-state index < -0.39 is 6.10 Å². The van der Waals surface area contributed by atoms with Gasteiger partial charge in [0, 0.05) is 0 Å². The molecule has 3 nitrogen and oxygen atoms in total. The minimum atomic E-state index is -0.525. The van der Waals surface area contributed by atoms with Crippen molar-refractivity contribution in [2.45, 2.75) is 39.9 Å². The van der Waals surface area contributed by atoms with Gasteiger partial charge in [0.05, 0.1) is 25.9 Å². The Bertz CT molecular complexity index is 160. The second-order valence-electron chi connectivity index (χ2n) is 3.85. The largest absolute Gasteiger partial charge is 0.388 e. The van der Waals surface area contributed by atoms with Crippen molar-refractivity contribution in [3.63, 3.8) is 0 Å². The fourth-order valence-electron chi connectivity index (χ4n) is 0.781. The summed E-state index contributed by atoms with van der Waals surface area (Å²) >= 11 is 0. The minimum absolute atomic E-state index is 0.155. The average Bonchev–Trinajstić information content (AvgIpc) is 2.08. The Hall–Kier alpha value is -0.380. The summed E-state index contributed by atoms with van der Waals surface area (Å²) in [4.78, 5) is 0. The molecule has 14 heavy (non-hydrogen) atoms. The van der Waals surface area contributed by atoms with Gasteiger partial charge in [-0.15, -0.1) is 0 Å². The first-order valence-corrected chi connectivity index (χ1v) is 5.03. The second kappa shape index (κ2) is 7.97. The summed E-state index contributed by atoms with van der Waals surface area (Å²) in [7, 11) is 0. The number of aliphatic hydroxyl groups is 1. The molecule has 0 amide bonds. The molecular formula is C11H22O3. The lowest BCUT2D eigenvalue weighted by atomic mass is 10.3. The van der Waals surface area contributed by atoms with Gasteiger partial charge in [-0.25, -0.2) is 0 Å². The fraction of sp³-hybridized carbons (Fsp3) is 0.818. The quantitative estimate of drug-likeness (QED) is 0.505. The second-order valence-corrected chi connectivity index (χ2v) is 3.85. The zero-order chi connectivity index (χ0) is 11.0. The summed E-state index contributed by atoms with van der Waals surface area (Å²) in [5.74, 6) is 0. The van der Waals surface area contributed by atoms with E-state index in [4.69, 9.17) is 9.47 Å². The van der Waals surface area contributed by atoms with Crippen LogP contribution in [0, 0.1) is 0 Å². The first-order valence-electron chi connectivity index (χ1n) is 5.03. The summed E-state index contributed by atoms with van der Waals surface area (Å²) in [5, 5.41) is 9.39. The number of rotatable bonds is 7. The Balaban J connectivity index is 3.35. The molecule has 1 unspecified atom stereocenters. The normalized spacial score (nSPS) is 13.0. The van der Waals surface area contributed by atoms with E-state index in [0.717, 1.165) is 0 Å². The topological polar surface area (TPSA) is 38.7 Å². The number of hydrogen-bond acceptors (Lipinski definition) is 3. The molecule has 0 aromatic carbocycles. The van der Waals surface area contributed by atoms with Crippen molar-refractivity contribution in [2.24, 2.45) is 0 Å². The molecular weight excluding hydrogens is 180 g/mol. The summed E-state index contributed by atoms with van der Waals surface area (Å²) in [6.07, 6.45) is 1.61. The van der Waals surface area contributed by atoms with Gasteiger partial charge in [0.1, 0.15) is 6.10 Å². The van der Waals surface area contributed by atoms with Crippen LogP contribution in [0.15, 0.2) is 11.6 Å². The molecule has 0 heterocycles. The van der Waals surface area contributed by atoms with E-state index in [-0.39, 0.29) is 6.10 Å². The monoisotopic (exact) mass is 202 g/mol. The van der Waals surface area contributed by atoms with Gasteiger partial charge in [-0.1, -0.05) is 11.6 Å². The van der Waals surface area contributed by atoms with Gasteiger partial charge < -0.3 is 14.6 Å². The lowest BCUT2D eigenvalue weighted by Gasteiger charge is -2.13. The van der Waals surface area contributed by atoms with E-state index in [9.17, 15) is 5.11 Å². The van der Waals surface area contributed by atoms with Crippen LogP contribution in [0.2, 0.25) is 0 Å². The van der Waals surface area contributed by atoms with E-state index in [0.29, 0.717) is 19.8 Å². The predicted molar refractivity (Wildman–Crippen MR) is 57.3 cm³/mol. The van der Waals surface area contributed by atoms with Gasteiger partial charge in [0.2, 0.25) is 0 Å². The van der Waals surface area contributed by atoms with Gasteiger partial charge in [0.15, 0.2) is 0 Å². The van der Waals surface area contributed by atoms with Crippen LogP contribution >= 0.6 is 0 Å². The predicted octanol–water partition coefficient (Wildman–Crippen LogP) is 1.76. The summed E-state index contributed by atoms with van der Waals surface area (Å²) in [6.45, 7) is 9.14. The molecule has 0 aliphatic carbocycles. The third kappa shape index (κ3) is 9.71. The maximum absolute atomic E-state index is 9.39. The lowest BCUT2D eigenvalue weighted by molar-refractivity contribution is -0.0311. The SMILES string of the molecule is CC(C)=CCOCC(O)COC(C)C. The van der Waals surface area contributed by atoms with Crippen molar-refractivity contribution in [3.05, 3.63) is 11.6 Å². The maximum atomic E-state index is 9.39. The van der Waals surface area contributed by atoms with Crippen LogP contribution in [0.5, 0.6) is 0 Å². The van der Waals surface area contributed by atoms with Crippen LogP contribution in [0.25, 0.3) is 0 Å². The molecule has 1 atom stereocenters. The molecule has 3 heteroatoms. The van der Waals surface area contributed by atoms with Crippen LogP contribution in [0.1, 0.15) is 27.7 Å². The molecule has 0 saturated carbocycles. The third-order valence-corrected chi connectivity index (χ3v) is 1.54. The molecule has 84 valence electrons. The molecule has 0 aliphatic heterocycles. The van der Waals surface area contributed by atoms with Crippen molar-refractivity contribution in [3.8, 4) is 0 Å². The van der Waals surface area contributed by atoms with E-state index in [2.05, 4.69) is 0 Å². The van der Waals surface area contributed by atoms with Crippen LogP contribution in [-0.4, -0.2) is 37.1 Å². The van der Waals surface area contributed by atoms with Crippen molar-refractivity contribution in [1.29, 1.82) is 0 Å². The van der Waals surface area contributed by atoms with E-state index >= 15 is 0 Å². The summed E-state index contributed by atoms with van der Waals surface area (Å²) in [6, 6.07) is 0. The third-order valence-electron chi connectivity index (χ3n) is 1.54. The van der Waals surface area contributed by atoms with Gasteiger partial charge >= 0.3 is 0 Å². The highest BCUT2D eigenvalue weighted by Gasteiger charge is 2.04. The molecule has 1 N–H and O–H groups in total. The van der Waals surface area contributed by atoms with Gasteiger partial charge in [-0.05, 0) is 27.7 Å². The summed E-state index contributed by atoms with van der Waals surface area (Å²) < 4.78 is 10.5. The number of ether oxygens (including phenoxy) is 2. The molecule has 0 aliphatic rings. The number of allylic oxidation sites excluding steroid dienone is 1. The summed E-state index contributed by atoms with van der Waals surface area (Å²) in [5.41, 5.74) is 1.22. The zero-order valence-corrected chi connectivity index (χ0v) is 9.62. The van der Waals surface area contributed by atoms with E-state index in [1.54, 1.807) is 0 Å². The van der Waals surface area contributed by atoms with Crippen LogP contribution in [0.3, 0.4) is 0 Å². The van der Waals surface area contributed by atoms with Crippen molar-refractivity contribution in [2.75, 3.05) is 19.8 Å². The van der Waals surface area contributed by atoms with Crippen molar-refractivity contribution in [1.82, 2.24) is 0 Å². The Morgan fingerprint density at radius 1 is 1.29 bits per heavy atom. The van der Waals surface area contributed by atoms with E-state index in [1.165, 1.54) is 5.57 Å². The standard InChI is InChI=1S/C11H22O3/c1-9(2)5-6-13-7-11(12)8-14-10(3)4/h5,10-12H,6-8H2,1-4H3. The lowest BCUT2D eigenvalue weighted by Crippen LogP contribution is -2.23. The number of aliphatic hydroxyl groups excluding tert-OH is 1. The average molecular weight is 202 g/mol. The number of hydrogen-bond donors (Lipinski definition) is 1. The zero-order valence-electron chi connectivity index (χ0n) is 9.62. The smallest absolute Gasteiger partial charge is 0.101 e. The molecule has 0 aromatic heterocycles. The highest BCUT2D eigenvalue weighted by Crippen LogP contribution is 1.94. The first kappa shape index (κ1) is 13.6. The first-order chi connectivity index (χ1) is 6.52. The van der Waals surface area contributed by atoms with E-state index in [1.807, 2.05) is 33.8 Å². The fourth-order valence-corrected chi connectivity index (χ4v) is 0.781. The van der Waals surface area contributed by atoms with Gasteiger partial charge in [-0.2, -0.15) is 0 Å². The van der Waals surface area contributed by atoms with Crippen molar-refractivity contribution >= 4 is 0 Å². The highest BCUT2D eigenvalue weighted by molar-refractivity contribution is 4.92. The van der Waals surface area contributed by atoms with Crippen molar-refractivity contribution < 1.29 is 14.6 Å². The molecule has 0 rings (SSSR count). The minimum Gasteiger partial charge on any atom is -0.388 e. The Labute approximate surface area is 86.7 Å². The van der Waals surface area contributed by atoms with Crippen LogP contribution in [-0.2, 0) is 9.47 Å². The van der Waals surface area contributed by atoms with Gasteiger partial charge in [0.25, 0.3) is 0 Å². The molecule has 0 aromatic rings. The molecule has 0 bridgehead atoms.